The van der Waals surface area contributed by atoms with E-state index >= 15 is 0 Å². The Labute approximate surface area is 677 Å². The topological polar surface area (TPSA) is 237 Å². The summed E-state index contributed by atoms with van der Waals surface area (Å²) in [7, 11) is -10.0. The van der Waals surface area contributed by atoms with E-state index in [1.54, 1.807) is 0 Å². The molecule has 0 spiro atoms. The number of unbranched alkanes of at least 4 members (excludes halogenated alkanes) is 14. The molecule has 0 amide bonds. The molecule has 0 saturated heterocycles. The second kappa shape index (κ2) is 82.4. The van der Waals surface area contributed by atoms with Crippen LogP contribution in [0.2, 0.25) is 0 Å². The summed E-state index contributed by atoms with van der Waals surface area (Å²) in [5, 5.41) is 10.7. The standard InChI is InChI=1S/C93H146O17P2/c1-5-9-13-17-21-25-29-33-37-40-43-46-50-53-57-61-65-69-73-77-90(95)103-83-88(109-92(97)79-75-71-67-63-59-55-49-36-32-28-24-20-16-12-8-4)85-107-111(99,100)105-81-87(94)82-106-112(101,102)108-86-89(110-93(98)80-76-72-68-64-60-56-52-48-45-42-39-35-31-27-23-19-15-11-7-3)84-104-91(96)78-74-70-66-62-58-54-51-47-44-41-38-34-30-26-22-18-14-10-6-2/h9-11,13-15,21-28,33-39,43-49,54,56,58,60,66,68,70,72,87-89,94H,5-8,12,16-20,29-32,40-42,50-53,55,57,59,61-65,67,69,71,73-86H2,1-4H3,(H,99,100)(H,101,102)/b13-9-,14-10-,15-11-,25-21-,26-22-,27-23-,28-24-,37-33-,38-34-,39-35-,46-43-,47-44-,48-45-,49-36-,58-54-,60-56-,70-66-,72-68-. The molecule has 0 heterocycles. The molecule has 5 unspecified atom stereocenters. The number of hydrogen-bond acceptors (Lipinski definition) is 15. The van der Waals surface area contributed by atoms with Crippen LogP contribution in [-0.4, -0.2) is 96.7 Å². The average molecular weight is 1600 g/mol. The van der Waals surface area contributed by atoms with Gasteiger partial charge in [-0.05, 0) is 173 Å². The Morgan fingerprint density at radius 2 is 0.482 bits per heavy atom. The third kappa shape index (κ3) is 81.4. The zero-order chi connectivity index (χ0) is 81.7. The quantitative estimate of drug-likeness (QED) is 0.0169. The van der Waals surface area contributed by atoms with Crippen LogP contribution in [0.1, 0.15) is 285 Å². The first-order valence-corrected chi connectivity index (χ1v) is 45.0. The second-order valence-corrected chi connectivity index (χ2v) is 29.8. The minimum absolute atomic E-state index is 0.0104. The molecule has 17 nitrogen and oxygen atoms in total. The van der Waals surface area contributed by atoms with Gasteiger partial charge in [0.25, 0.3) is 0 Å². The van der Waals surface area contributed by atoms with Crippen molar-refractivity contribution in [3.63, 3.8) is 0 Å². The van der Waals surface area contributed by atoms with E-state index in [2.05, 4.69) is 210 Å². The smallest absolute Gasteiger partial charge is 0.462 e. The molecule has 630 valence electrons. The number of esters is 4. The summed E-state index contributed by atoms with van der Waals surface area (Å²) >= 11 is 0. The van der Waals surface area contributed by atoms with Crippen molar-refractivity contribution in [2.75, 3.05) is 39.6 Å². The molecule has 0 fully saturated rings. The number of phosphoric acid groups is 2. The van der Waals surface area contributed by atoms with Gasteiger partial charge in [0.1, 0.15) is 19.3 Å². The summed E-state index contributed by atoms with van der Waals surface area (Å²) in [6.07, 6.45) is 105. The lowest BCUT2D eigenvalue weighted by Gasteiger charge is -2.21. The van der Waals surface area contributed by atoms with Gasteiger partial charge in [-0.25, -0.2) is 9.13 Å². The van der Waals surface area contributed by atoms with Gasteiger partial charge in [-0.2, -0.15) is 0 Å². The predicted octanol–water partition coefficient (Wildman–Crippen LogP) is 25.2. The van der Waals surface area contributed by atoms with E-state index in [9.17, 15) is 43.2 Å². The van der Waals surface area contributed by atoms with Gasteiger partial charge in [-0.1, -0.05) is 304 Å². The normalized spacial score (nSPS) is 14.9. The highest BCUT2D eigenvalue weighted by Crippen LogP contribution is 2.45. The summed E-state index contributed by atoms with van der Waals surface area (Å²) in [6, 6.07) is 0. The van der Waals surface area contributed by atoms with Crippen molar-refractivity contribution in [2.24, 2.45) is 0 Å². The van der Waals surface area contributed by atoms with Gasteiger partial charge in [0.05, 0.1) is 26.4 Å². The lowest BCUT2D eigenvalue weighted by Crippen LogP contribution is -2.30. The number of ether oxygens (including phenoxy) is 4. The number of carbonyl (C=O) groups is 4. The van der Waals surface area contributed by atoms with E-state index in [1.807, 2.05) is 36.5 Å². The lowest BCUT2D eigenvalue weighted by molar-refractivity contribution is -0.161. The molecule has 0 rings (SSSR count). The maximum atomic E-state index is 13.1. The van der Waals surface area contributed by atoms with E-state index in [0.29, 0.717) is 38.5 Å². The first kappa shape index (κ1) is 105. The minimum Gasteiger partial charge on any atom is -0.462 e. The zero-order valence-electron chi connectivity index (χ0n) is 69.0. The van der Waals surface area contributed by atoms with Crippen molar-refractivity contribution in [3.05, 3.63) is 219 Å². The SMILES string of the molecule is CC/C=C\C/C=C\C/C=C\C/C=C\C/C=C\C/C=C\CCC(=O)OCC(COP(=O)(O)OCC(O)COP(=O)(O)OCC(COC(=O)CCCCCCCC/C=C\C/C=C\C/C=C\C/C=C\CC)OC(=O)CCCCCCC/C=C\C/C=C\CCCCC)OC(=O)CC/C=C\C/C=C\C/C=C\C/C=C\C/C=C\C/C=C\CC. The summed E-state index contributed by atoms with van der Waals surface area (Å²) < 4.78 is 68.6. The molecule has 0 bridgehead atoms. The molecular formula is C93H146O17P2. The minimum atomic E-state index is -5.03. The first-order valence-electron chi connectivity index (χ1n) is 42.0. The summed E-state index contributed by atoms with van der Waals surface area (Å²) in [6.45, 7) is 4.28. The largest absolute Gasteiger partial charge is 0.472 e. The maximum absolute atomic E-state index is 13.1. The highest BCUT2D eigenvalue weighted by Gasteiger charge is 2.30. The van der Waals surface area contributed by atoms with Crippen molar-refractivity contribution < 1.29 is 80.2 Å². The number of phosphoric ester groups is 2. The van der Waals surface area contributed by atoms with Crippen molar-refractivity contribution in [3.8, 4) is 0 Å². The van der Waals surface area contributed by atoms with Gasteiger partial charge in [-0.3, -0.25) is 37.3 Å². The molecule has 0 saturated carbocycles. The van der Waals surface area contributed by atoms with E-state index < -0.39 is 97.5 Å². The van der Waals surface area contributed by atoms with Gasteiger partial charge in [0, 0.05) is 25.7 Å². The molecule has 3 N–H and O–H groups in total. The molecule has 0 aromatic heterocycles. The Balaban J connectivity index is 5.56. The van der Waals surface area contributed by atoms with E-state index in [1.165, 1.54) is 19.3 Å². The Morgan fingerprint density at radius 1 is 0.259 bits per heavy atom. The number of hydrogen-bond donors (Lipinski definition) is 3. The Bertz CT molecular complexity index is 2990. The van der Waals surface area contributed by atoms with Crippen molar-refractivity contribution in [2.45, 2.75) is 303 Å². The molecule has 5 atom stereocenters. The Morgan fingerprint density at radius 3 is 0.786 bits per heavy atom. The van der Waals surface area contributed by atoms with Crippen molar-refractivity contribution in [1.82, 2.24) is 0 Å². The van der Waals surface area contributed by atoms with Crippen LogP contribution >= 0.6 is 15.6 Å². The van der Waals surface area contributed by atoms with Crippen LogP contribution in [0.4, 0.5) is 0 Å². The predicted molar refractivity (Wildman–Crippen MR) is 463 cm³/mol. The lowest BCUT2D eigenvalue weighted by atomic mass is 10.1. The maximum Gasteiger partial charge on any atom is 0.472 e. The molecule has 0 aliphatic rings. The highest BCUT2D eigenvalue weighted by atomic mass is 31.2. The average Bonchev–Trinajstić information content (AvgIpc) is 0.898. The number of allylic oxidation sites excluding steroid dienone is 36. The second-order valence-electron chi connectivity index (χ2n) is 26.9. The number of rotatable bonds is 76. The van der Waals surface area contributed by atoms with Crippen molar-refractivity contribution >= 4 is 39.5 Å². The first-order chi connectivity index (χ1) is 54.7. The zero-order valence-corrected chi connectivity index (χ0v) is 70.8. The van der Waals surface area contributed by atoms with Crippen LogP contribution in [0.5, 0.6) is 0 Å². The number of aliphatic hydroxyl groups excluding tert-OH is 1. The monoisotopic (exact) mass is 1600 g/mol. The molecule has 112 heavy (non-hydrogen) atoms. The molecule has 19 heteroatoms. The van der Waals surface area contributed by atoms with Gasteiger partial charge in [0.15, 0.2) is 12.2 Å². The fourth-order valence-corrected chi connectivity index (χ4v) is 11.8. The van der Waals surface area contributed by atoms with Crippen LogP contribution in [0, 0.1) is 0 Å². The molecular weight excluding hydrogens is 1450 g/mol. The van der Waals surface area contributed by atoms with Crippen molar-refractivity contribution in [1.29, 1.82) is 0 Å². The summed E-state index contributed by atoms with van der Waals surface area (Å²) in [4.78, 5) is 73.2. The molecule has 0 radical (unpaired) electrons. The van der Waals surface area contributed by atoms with Crippen LogP contribution in [0.15, 0.2) is 219 Å². The highest BCUT2D eigenvalue weighted by molar-refractivity contribution is 7.47. The van der Waals surface area contributed by atoms with Crippen LogP contribution in [-0.2, 0) is 65.4 Å². The van der Waals surface area contributed by atoms with Gasteiger partial charge in [-0.15, -0.1) is 0 Å². The summed E-state index contributed by atoms with van der Waals surface area (Å²) in [5.74, 6) is -2.43. The van der Waals surface area contributed by atoms with Crippen LogP contribution < -0.4 is 0 Å². The molecule has 0 aliphatic heterocycles. The molecule has 0 aromatic rings. The fraction of sp³-hybridized carbons (Fsp3) is 0.570. The van der Waals surface area contributed by atoms with Crippen LogP contribution in [0.3, 0.4) is 0 Å². The fourth-order valence-electron chi connectivity index (χ4n) is 10.2. The Kier molecular flexibility index (Phi) is 77.5. The van der Waals surface area contributed by atoms with E-state index in [0.717, 1.165) is 173 Å². The molecule has 0 aliphatic carbocycles. The Hall–Kier alpha value is -6.62. The van der Waals surface area contributed by atoms with Crippen LogP contribution in [0.25, 0.3) is 0 Å². The van der Waals surface area contributed by atoms with Gasteiger partial charge < -0.3 is 33.8 Å². The summed E-state index contributed by atoms with van der Waals surface area (Å²) in [5.41, 5.74) is 0. The molecule has 0 aromatic carbocycles. The third-order valence-corrected chi connectivity index (χ3v) is 18.3. The number of aliphatic hydroxyl groups is 1. The van der Waals surface area contributed by atoms with E-state index in [-0.39, 0.29) is 25.7 Å². The third-order valence-electron chi connectivity index (χ3n) is 16.4. The van der Waals surface area contributed by atoms with Gasteiger partial charge in [0.2, 0.25) is 0 Å². The van der Waals surface area contributed by atoms with Gasteiger partial charge >= 0.3 is 39.5 Å². The number of carbonyl (C=O) groups excluding carboxylic acids is 4. The van der Waals surface area contributed by atoms with E-state index in [4.69, 9.17) is 37.0 Å².